The van der Waals surface area contributed by atoms with E-state index in [-0.39, 0.29) is 0 Å². The largest absolute Gasteiger partial charge is 0.454 e. The summed E-state index contributed by atoms with van der Waals surface area (Å²) in [5.41, 5.74) is 4.06. The summed E-state index contributed by atoms with van der Waals surface area (Å²) in [5.74, 6) is 2.57. The summed E-state index contributed by atoms with van der Waals surface area (Å²) in [4.78, 5) is 15.9. The Labute approximate surface area is 157 Å². The van der Waals surface area contributed by atoms with Crippen LogP contribution in [0.4, 0.5) is 5.69 Å². The minimum atomic E-state index is 0.779. The second-order valence-electron chi connectivity index (χ2n) is 6.52. The van der Waals surface area contributed by atoms with Gasteiger partial charge in [-0.05, 0) is 36.3 Å². The molecule has 2 aliphatic rings. The normalized spacial score (nSPS) is 15.6. The zero-order valence-corrected chi connectivity index (χ0v) is 14.7. The Balaban J connectivity index is 1.53. The van der Waals surface area contributed by atoms with Crippen molar-refractivity contribution in [3.8, 4) is 11.5 Å². The van der Waals surface area contributed by atoms with Gasteiger partial charge in [0.25, 0.3) is 0 Å². The number of amidine groups is 1. The molecule has 2 aromatic carbocycles. The van der Waals surface area contributed by atoms with Gasteiger partial charge in [0.2, 0.25) is 0 Å². The molecule has 0 unspecified atom stereocenters. The van der Waals surface area contributed by atoms with Crippen LogP contribution in [0.1, 0.15) is 17.7 Å². The molecule has 5 nitrogen and oxygen atoms in total. The third kappa shape index (κ3) is 2.97. The van der Waals surface area contributed by atoms with E-state index < -0.39 is 0 Å². The fourth-order valence-electron chi connectivity index (χ4n) is 3.47. The quantitative estimate of drug-likeness (QED) is 0.648. The van der Waals surface area contributed by atoms with Crippen LogP contribution in [0.5, 0.6) is 11.5 Å². The van der Waals surface area contributed by atoms with Gasteiger partial charge < -0.3 is 9.64 Å². The van der Waals surface area contributed by atoms with Crippen LogP contribution in [-0.2, 0) is 0 Å². The highest BCUT2D eigenvalue weighted by Gasteiger charge is 2.24. The van der Waals surface area contributed by atoms with E-state index in [0.717, 1.165) is 53.8 Å². The number of para-hydroxylation sites is 3. The van der Waals surface area contributed by atoms with E-state index in [4.69, 9.17) is 9.73 Å². The molecule has 0 atom stereocenters. The third-order valence-electron chi connectivity index (χ3n) is 4.84. The number of hydrogen-bond acceptors (Lipinski definition) is 5. The lowest BCUT2D eigenvalue weighted by atomic mass is 10.0. The van der Waals surface area contributed by atoms with Gasteiger partial charge in [-0.3, -0.25) is 9.97 Å². The van der Waals surface area contributed by atoms with E-state index >= 15 is 0 Å². The van der Waals surface area contributed by atoms with Gasteiger partial charge in [0.05, 0.1) is 17.5 Å². The molecule has 0 fully saturated rings. The SMILES string of the molecule is C1=C(c2cnccn2)CCN(C2=Nc3ccccc3Oc3ccccc32)C1. The highest BCUT2D eigenvalue weighted by atomic mass is 16.5. The summed E-state index contributed by atoms with van der Waals surface area (Å²) in [7, 11) is 0. The fraction of sp³-hybridized carbons (Fsp3) is 0.136. The molecule has 0 bridgehead atoms. The van der Waals surface area contributed by atoms with Crippen LogP contribution in [-0.4, -0.2) is 33.8 Å². The predicted octanol–water partition coefficient (Wildman–Crippen LogP) is 4.45. The molecule has 132 valence electrons. The highest BCUT2D eigenvalue weighted by molar-refractivity contribution is 6.04. The number of nitrogens with zero attached hydrogens (tertiary/aromatic N) is 4. The van der Waals surface area contributed by atoms with Crippen LogP contribution >= 0.6 is 0 Å². The summed E-state index contributed by atoms with van der Waals surface area (Å²) in [6.07, 6.45) is 8.39. The molecular formula is C22H18N4O. The van der Waals surface area contributed by atoms with Crippen LogP contribution in [0.2, 0.25) is 0 Å². The van der Waals surface area contributed by atoms with Gasteiger partial charge in [0.15, 0.2) is 5.75 Å². The maximum Gasteiger partial charge on any atom is 0.153 e. The second-order valence-corrected chi connectivity index (χ2v) is 6.52. The second kappa shape index (κ2) is 6.68. The minimum Gasteiger partial charge on any atom is -0.454 e. The molecule has 5 heteroatoms. The molecule has 0 radical (unpaired) electrons. The molecule has 0 saturated carbocycles. The van der Waals surface area contributed by atoms with Crippen molar-refractivity contribution in [2.45, 2.75) is 6.42 Å². The van der Waals surface area contributed by atoms with Gasteiger partial charge in [-0.1, -0.05) is 30.3 Å². The molecule has 3 aromatic rings. The van der Waals surface area contributed by atoms with Crippen molar-refractivity contribution in [2.24, 2.45) is 4.99 Å². The van der Waals surface area contributed by atoms with Crippen molar-refractivity contribution in [1.29, 1.82) is 0 Å². The van der Waals surface area contributed by atoms with E-state index in [1.807, 2.05) is 48.7 Å². The Kier molecular flexibility index (Phi) is 3.90. The van der Waals surface area contributed by atoms with Crippen LogP contribution < -0.4 is 4.74 Å². The van der Waals surface area contributed by atoms with Crippen molar-refractivity contribution >= 4 is 17.1 Å². The third-order valence-corrected chi connectivity index (χ3v) is 4.84. The predicted molar refractivity (Wildman–Crippen MR) is 105 cm³/mol. The molecule has 0 aliphatic carbocycles. The Morgan fingerprint density at radius 1 is 0.926 bits per heavy atom. The molecule has 0 saturated heterocycles. The van der Waals surface area contributed by atoms with E-state index in [1.165, 1.54) is 5.57 Å². The van der Waals surface area contributed by atoms with Crippen molar-refractivity contribution in [3.05, 3.63) is 84.5 Å². The first kappa shape index (κ1) is 15.8. The molecule has 5 rings (SSSR count). The van der Waals surface area contributed by atoms with Gasteiger partial charge in [-0.2, -0.15) is 0 Å². The van der Waals surface area contributed by atoms with Gasteiger partial charge in [-0.25, -0.2) is 4.99 Å². The molecule has 0 amide bonds. The zero-order valence-electron chi connectivity index (χ0n) is 14.7. The standard InChI is InChI=1S/C22H18N4O/c1-3-7-20-17(5-1)22(25-18-6-2-4-8-21(18)27-20)26-13-9-16(10-14-26)19-15-23-11-12-24-19/h1-9,11-12,15H,10,13-14H2. The lowest BCUT2D eigenvalue weighted by Crippen LogP contribution is -2.35. The average molecular weight is 354 g/mol. The number of benzene rings is 2. The number of rotatable bonds is 1. The Bertz CT molecular complexity index is 1040. The molecule has 0 spiro atoms. The molecule has 27 heavy (non-hydrogen) atoms. The molecular weight excluding hydrogens is 336 g/mol. The number of ether oxygens (including phenoxy) is 1. The van der Waals surface area contributed by atoms with Gasteiger partial charge in [-0.15, -0.1) is 0 Å². The number of fused-ring (bicyclic) bond motifs is 2. The van der Waals surface area contributed by atoms with Crippen LogP contribution in [0.15, 0.2) is 78.2 Å². The Hall–Kier alpha value is -3.47. The van der Waals surface area contributed by atoms with Gasteiger partial charge in [0, 0.05) is 25.5 Å². The van der Waals surface area contributed by atoms with Crippen molar-refractivity contribution in [2.75, 3.05) is 13.1 Å². The first-order valence-corrected chi connectivity index (χ1v) is 9.04. The topological polar surface area (TPSA) is 50.6 Å². The molecule has 2 aliphatic heterocycles. The first-order valence-electron chi connectivity index (χ1n) is 9.04. The number of hydrogen-bond donors (Lipinski definition) is 0. The van der Waals surface area contributed by atoms with Crippen molar-refractivity contribution in [3.63, 3.8) is 0 Å². The number of aromatic nitrogens is 2. The number of aliphatic imine (C=N–C) groups is 1. The van der Waals surface area contributed by atoms with Gasteiger partial charge in [0.1, 0.15) is 17.3 Å². The van der Waals surface area contributed by atoms with E-state index in [9.17, 15) is 0 Å². The van der Waals surface area contributed by atoms with E-state index in [1.54, 1.807) is 12.4 Å². The molecule has 1 aromatic heterocycles. The maximum absolute atomic E-state index is 6.14. The smallest absolute Gasteiger partial charge is 0.153 e. The molecule has 3 heterocycles. The Morgan fingerprint density at radius 3 is 2.59 bits per heavy atom. The first-order chi connectivity index (χ1) is 13.4. The summed E-state index contributed by atoms with van der Waals surface area (Å²) >= 11 is 0. The monoisotopic (exact) mass is 354 g/mol. The highest BCUT2D eigenvalue weighted by Crippen LogP contribution is 2.38. The Morgan fingerprint density at radius 2 is 1.78 bits per heavy atom. The fourth-order valence-corrected chi connectivity index (χ4v) is 3.47. The van der Waals surface area contributed by atoms with Crippen LogP contribution in [0.3, 0.4) is 0 Å². The van der Waals surface area contributed by atoms with E-state index in [0.29, 0.717) is 0 Å². The molecule has 0 N–H and O–H groups in total. The average Bonchev–Trinajstić information content (AvgIpc) is 2.91. The van der Waals surface area contributed by atoms with Crippen LogP contribution in [0.25, 0.3) is 5.57 Å². The van der Waals surface area contributed by atoms with E-state index in [2.05, 4.69) is 27.0 Å². The summed E-state index contributed by atoms with van der Waals surface area (Å²) < 4.78 is 6.14. The summed E-state index contributed by atoms with van der Waals surface area (Å²) in [6.45, 7) is 1.65. The maximum atomic E-state index is 6.14. The lowest BCUT2D eigenvalue weighted by Gasteiger charge is -2.29. The van der Waals surface area contributed by atoms with Crippen molar-refractivity contribution < 1.29 is 4.74 Å². The zero-order chi connectivity index (χ0) is 18.1. The minimum absolute atomic E-state index is 0.779. The lowest BCUT2D eigenvalue weighted by molar-refractivity contribution is 0.456. The van der Waals surface area contributed by atoms with Gasteiger partial charge >= 0.3 is 0 Å². The summed E-state index contributed by atoms with van der Waals surface area (Å²) in [6, 6.07) is 16.0. The summed E-state index contributed by atoms with van der Waals surface area (Å²) in [5, 5.41) is 0. The van der Waals surface area contributed by atoms with Crippen LogP contribution in [0, 0.1) is 0 Å². The van der Waals surface area contributed by atoms with Crippen molar-refractivity contribution in [1.82, 2.24) is 14.9 Å².